The van der Waals surface area contributed by atoms with Gasteiger partial charge in [-0.3, -0.25) is 0 Å². The van der Waals surface area contributed by atoms with Gasteiger partial charge in [0.15, 0.2) is 5.82 Å². The van der Waals surface area contributed by atoms with Crippen LogP contribution in [-0.4, -0.2) is 24.2 Å². The fourth-order valence-corrected chi connectivity index (χ4v) is 2.24. The Morgan fingerprint density at radius 3 is 2.83 bits per heavy atom. The van der Waals surface area contributed by atoms with Gasteiger partial charge in [0.1, 0.15) is 0 Å². The number of hydrogen-bond donors (Lipinski definition) is 1. The van der Waals surface area contributed by atoms with Gasteiger partial charge in [-0.05, 0) is 31.4 Å². The summed E-state index contributed by atoms with van der Waals surface area (Å²) in [7, 11) is 0. The van der Waals surface area contributed by atoms with E-state index < -0.39 is 12.1 Å². The molecule has 1 aliphatic heterocycles. The van der Waals surface area contributed by atoms with Crippen LogP contribution in [0, 0.1) is 12.8 Å². The predicted octanol–water partition coefficient (Wildman–Crippen LogP) is 2.75. The number of halogens is 3. The molecule has 0 bridgehead atoms. The van der Waals surface area contributed by atoms with Crippen LogP contribution in [0.2, 0.25) is 0 Å². The van der Waals surface area contributed by atoms with Gasteiger partial charge < -0.3 is 10.6 Å². The van der Waals surface area contributed by atoms with E-state index in [1.54, 1.807) is 17.2 Å². The minimum atomic E-state index is -4.14. The number of anilines is 2. The molecule has 0 radical (unpaired) electrons. The van der Waals surface area contributed by atoms with E-state index in [1.165, 1.54) is 0 Å². The lowest BCUT2D eigenvalue weighted by atomic mass is 9.97. The summed E-state index contributed by atoms with van der Waals surface area (Å²) in [5.74, 6) is -0.808. The third-order valence-electron chi connectivity index (χ3n) is 3.37. The van der Waals surface area contributed by atoms with Crippen molar-refractivity contribution in [2.75, 3.05) is 23.7 Å². The molecule has 2 rings (SSSR count). The fraction of sp³-hybridized carbons (Fsp3) is 0.583. The van der Waals surface area contributed by atoms with Crippen molar-refractivity contribution in [2.24, 2.45) is 5.92 Å². The van der Waals surface area contributed by atoms with Gasteiger partial charge in [-0.2, -0.15) is 13.2 Å². The Hall–Kier alpha value is -1.46. The van der Waals surface area contributed by atoms with E-state index in [-0.39, 0.29) is 13.0 Å². The van der Waals surface area contributed by atoms with Gasteiger partial charge in [-0.15, -0.1) is 0 Å². The van der Waals surface area contributed by atoms with Crippen LogP contribution in [0.5, 0.6) is 0 Å². The van der Waals surface area contributed by atoms with Crippen LogP contribution < -0.4 is 10.6 Å². The zero-order chi connectivity index (χ0) is 13.3. The monoisotopic (exact) mass is 259 g/mol. The molecule has 1 fully saturated rings. The molecular formula is C12H16F3N3. The molecule has 0 aliphatic carbocycles. The highest BCUT2D eigenvalue weighted by Gasteiger charge is 2.42. The molecule has 1 aromatic rings. The van der Waals surface area contributed by atoms with E-state index in [0.717, 1.165) is 5.56 Å². The van der Waals surface area contributed by atoms with Gasteiger partial charge >= 0.3 is 6.18 Å². The Labute approximate surface area is 104 Å². The Morgan fingerprint density at radius 2 is 2.17 bits per heavy atom. The summed E-state index contributed by atoms with van der Waals surface area (Å²) >= 11 is 0. The molecule has 0 spiro atoms. The fourth-order valence-electron chi connectivity index (χ4n) is 2.24. The molecule has 0 saturated carbocycles. The summed E-state index contributed by atoms with van der Waals surface area (Å²) in [4.78, 5) is 5.76. The number of nitrogens with two attached hydrogens (primary N) is 1. The summed E-state index contributed by atoms with van der Waals surface area (Å²) in [5, 5.41) is 0. The maximum absolute atomic E-state index is 12.7. The van der Waals surface area contributed by atoms with Crippen molar-refractivity contribution < 1.29 is 13.2 Å². The molecule has 2 heterocycles. The van der Waals surface area contributed by atoms with Crippen molar-refractivity contribution >= 4 is 11.5 Å². The van der Waals surface area contributed by atoms with Crippen molar-refractivity contribution in [3.05, 3.63) is 17.8 Å². The predicted molar refractivity (Wildman–Crippen MR) is 64.4 cm³/mol. The van der Waals surface area contributed by atoms with Gasteiger partial charge in [-0.1, -0.05) is 0 Å². The molecule has 6 heteroatoms. The van der Waals surface area contributed by atoms with Crippen molar-refractivity contribution in [1.29, 1.82) is 0 Å². The summed E-state index contributed by atoms with van der Waals surface area (Å²) < 4.78 is 38.2. The van der Waals surface area contributed by atoms with Crippen LogP contribution in [0.4, 0.5) is 24.7 Å². The van der Waals surface area contributed by atoms with Crippen LogP contribution >= 0.6 is 0 Å². The first-order chi connectivity index (χ1) is 8.39. The second-order valence-electron chi connectivity index (χ2n) is 4.69. The van der Waals surface area contributed by atoms with Gasteiger partial charge in [0, 0.05) is 19.3 Å². The molecular weight excluding hydrogens is 243 g/mol. The van der Waals surface area contributed by atoms with Gasteiger partial charge in [-0.25, -0.2) is 4.98 Å². The second-order valence-corrected chi connectivity index (χ2v) is 4.69. The first-order valence-electron chi connectivity index (χ1n) is 5.92. The van der Waals surface area contributed by atoms with Crippen LogP contribution in [-0.2, 0) is 0 Å². The summed E-state index contributed by atoms with van der Waals surface area (Å²) in [6.07, 6.45) is -1.86. The third-order valence-corrected chi connectivity index (χ3v) is 3.37. The minimum absolute atomic E-state index is 0.0514. The topological polar surface area (TPSA) is 42.2 Å². The Kier molecular flexibility index (Phi) is 3.36. The third kappa shape index (κ3) is 2.52. The highest BCUT2D eigenvalue weighted by molar-refractivity contribution is 5.66. The molecule has 18 heavy (non-hydrogen) atoms. The normalized spacial score (nSPS) is 21.1. The maximum atomic E-state index is 12.7. The molecule has 1 unspecified atom stereocenters. The average molecular weight is 259 g/mol. The second kappa shape index (κ2) is 4.66. The van der Waals surface area contributed by atoms with Crippen LogP contribution in [0.1, 0.15) is 18.4 Å². The SMILES string of the molecule is Cc1ccnc(N2CCCC(C(F)(F)F)C2)c1N. The van der Waals surface area contributed by atoms with Gasteiger partial charge in [0.2, 0.25) is 0 Å². The van der Waals surface area contributed by atoms with Crippen LogP contribution in [0.25, 0.3) is 0 Å². The summed E-state index contributed by atoms with van der Waals surface area (Å²) in [6, 6.07) is 1.75. The number of alkyl halides is 3. The molecule has 1 saturated heterocycles. The zero-order valence-electron chi connectivity index (χ0n) is 10.2. The summed E-state index contributed by atoms with van der Waals surface area (Å²) in [5.41, 5.74) is 7.20. The number of piperidine rings is 1. The lowest BCUT2D eigenvalue weighted by Gasteiger charge is -2.35. The molecule has 100 valence electrons. The van der Waals surface area contributed by atoms with Crippen LogP contribution in [0.15, 0.2) is 12.3 Å². The number of nitrogen functional groups attached to an aromatic ring is 1. The lowest BCUT2D eigenvalue weighted by Crippen LogP contribution is -2.42. The lowest BCUT2D eigenvalue weighted by molar-refractivity contribution is -0.176. The quantitative estimate of drug-likeness (QED) is 0.843. The number of aryl methyl sites for hydroxylation is 1. The smallest absolute Gasteiger partial charge is 0.393 e. The van der Waals surface area contributed by atoms with E-state index in [0.29, 0.717) is 24.5 Å². The van der Waals surface area contributed by atoms with Crippen molar-refractivity contribution in [3.8, 4) is 0 Å². The Balaban J connectivity index is 2.21. The van der Waals surface area contributed by atoms with E-state index in [9.17, 15) is 13.2 Å². The van der Waals surface area contributed by atoms with Crippen molar-refractivity contribution in [2.45, 2.75) is 25.9 Å². The average Bonchev–Trinajstić information content (AvgIpc) is 2.32. The van der Waals surface area contributed by atoms with E-state index in [1.807, 2.05) is 6.92 Å². The first-order valence-corrected chi connectivity index (χ1v) is 5.92. The van der Waals surface area contributed by atoms with Crippen molar-refractivity contribution in [1.82, 2.24) is 4.98 Å². The molecule has 1 aliphatic rings. The zero-order valence-corrected chi connectivity index (χ0v) is 10.2. The van der Waals surface area contributed by atoms with Crippen LogP contribution in [0.3, 0.4) is 0 Å². The highest BCUT2D eigenvalue weighted by atomic mass is 19.4. The molecule has 1 atom stereocenters. The van der Waals surface area contributed by atoms with E-state index >= 15 is 0 Å². The number of nitrogens with zero attached hydrogens (tertiary/aromatic N) is 2. The Bertz CT molecular complexity index is 431. The highest BCUT2D eigenvalue weighted by Crippen LogP contribution is 2.35. The van der Waals surface area contributed by atoms with Gasteiger partial charge in [0.05, 0.1) is 11.6 Å². The number of hydrogen-bond acceptors (Lipinski definition) is 3. The largest absolute Gasteiger partial charge is 0.396 e. The molecule has 3 nitrogen and oxygen atoms in total. The molecule has 2 N–H and O–H groups in total. The number of rotatable bonds is 1. The molecule has 0 amide bonds. The Morgan fingerprint density at radius 1 is 1.44 bits per heavy atom. The van der Waals surface area contributed by atoms with Crippen molar-refractivity contribution in [3.63, 3.8) is 0 Å². The maximum Gasteiger partial charge on any atom is 0.393 e. The van der Waals surface area contributed by atoms with E-state index in [4.69, 9.17) is 5.73 Å². The van der Waals surface area contributed by atoms with Gasteiger partial charge in [0.25, 0.3) is 0 Å². The molecule has 0 aromatic carbocycles. The standard InChI is InChI=1S/C12H16F3N3/c1-8-4-5-17-11(10(8)16)18-6-2-3-9(7-18)12(13,14)15/h4-5,9H,2-3,6-7,16H2,1H3. The first kappa shape index (κ1) is 13.0. The number of pyridine rings is 1. The van der Waals surface area contributed by atoms with E-state index in [2.05, 4.69) is 4.98 Å². The summed E-state index contributed by atoms with van der Waals surface area (Å²) in [6.45, 7) is 2.35. The number of aromatic nitrogens is 1. The minimum Gasteiger partial charge on any atom is -0.396 e. The molecule has 1 aromatic heterocycles.